The molecule has 1 aliphatic carbocycles. The second-order valence-electron chi connectivity index (χ2n) is 6.06. The highest BCUT2D eigenvalue weighted by molar-refractivity contribution is 6.00. The molecule has 0 unspecified atom stereocenters. The van der Waals surface area contributed by atoms with Crippen molar-refractivity contribution in [3.63, 3.8) is 0 Å². The van der Waals surface area contributed by atoms with E-state index in [1.807, 2.05) is 12.1 Å². The molecule has 1 heterocycles. The van der Waals surface area contributed by atoms with E-state index in [2.05, 4.69) is 6.07 Å². The zero-order chi connectivity index (χ0) is 13.9. The fourth-order valence-corrected chi connectivity index (χ4v) is 3.46. The van der Waals surface area contributed by atoms with E-state index in [0.29, 0.717) is 5.92 Å². The van der Waals surface area contributed by atoms with Gasteiger partial charge in [-0.3, -0.25) is 4.79 Å². The monoisotopic (exact) mass is 273 g/mol. The summed E-state index contributed by atoms with van der Waals surface area (Å²) in [6.45, 7) is 1.49. The number of rotatable bonds is 3. The van der Waals surface area contributed by atoms with Crippen LogP contribution in [0.3, 0.4) is 0 Å². The Morgan fingerprint density at radius 2 is 2.05 bits per heavy atom. The van der Waals surface area contributed by atoms with Crippen LogP contribution in [0.5, 0.6) is 5.75 Å². The van der Waals surface area contributed by atoms with Crippen LogP contribution in [0.4, 0.5) is 0 Å². The number of fused-ring (bicyclic) bond motifs is 1. The van der Waals surface area contributed by atoms with E-state index >= 15 is 0 Å². The molecule has 0 amide bonds. The number of para-hydroxylation sites is 1. The first-order valence-corrected chi connectivity index (χ1v) is 7.78. The molecule has 0 bridgehead atoms. The number of ketones is 1. The summed E-state index contributed by atoms with van der Waals surface area (Å²) in [5.74, 6) is 1.90. The van der Waals surface area contributed by atoms with Crippen LogP contribution in [-0.4, -0.2) is 18.9 Å². The third kappa shape index (κ3) is 2.59. The molecular formula is C17H23NO2. The van der Waals surface area contributed by atoms with Gasteiger partial charge in [-0.05, 0) is 62.6 Å². The van der Waals surface area contributed by atoms with Crippen LogP contribution in [0.2, 0.25) is 0 Å². The SMILES string of the molecule is NCC1CCC(C(=O)c2cccc3c2OCCC3)CC1. The first-order valence-electron chi connectivity index (χ1n) is 7.78. The van der Waals surface area contributed by atoms with Crippen LogP contribution in [-0.2, 0) is 6.42 Å². The maximum Gasteiger partial charge on any atom is 0.169 e. The van der Waals surface area contributed by atoms with E-state index in [9.17, 15) is 4.79 Å². The third-order valence-corrected chi connectivity index (χ3v) is 4.75. The van der Waals surface area contributed by atoms with Crippen LogP contribution < -0.4 is 10.5 Å². The number of hydrogen-bond acceptors (Lipinski definition) is 3. The second-order valence-corrected chi connectivity index (χ2v) is 6.06. The number of hydrogen-bond donors (Lipinski definition) is 1. The fraction of sp³-hybridized carbons (Fsp3) is 0.588. The van der Waals surface area contributed by atoms with Crippen molar-refractivity contribution in [3.05, 3.63) is 29.3 Å². The van der Waals surface area contributed by atoms with Gasteiger partial charge in [0.1, 0.15) is 5.75 Å². The Bertz CT molecular complexity index is 490. The van der Waals surface area contributed by atoms with Gasteiger partial charge in [0.25, 0.3) is 0 Å². The average Bonchev–Trinajstić information content (AvgIpc) is 2.54. The van der Waals surface area contributed by atoms with Gasteiger partial charge in [-0.1, -0.05) is 12.1 Å². The molecule has 20 heavy (non-hydrogen) atoms. The molecule has 0 aromatic heterocycles. The molecular weight excluding hydrogens is 250 g/mol. The molecule has 2 aliphatic rings. The van der Waals surface area contributed by atoms with Gasteiger partial charge >= 0.3 is 0 Å². The number of aryl methyl sites for hydroxylation is 1. The van der Waals surface area contributed by atoms with E-state index in [1.165, 1.54) is 5.56 Å². The van der Waals surface area contributed by atoms with Gasteiger partial charge in [-0.15, -0.1) is 0 Å². The van der Waals surface area contributed by atoms with Crippen molar-refractivity contribution in [3.8, 4) is 5.75 Å². The van der Waals surface area contributed by atoms with E-state index in [-0.39, 0.29) is 11.7 Å². The quantitative estimate of drug-likeness (QED) is 0.861. The maximum absolute atomic E-state index is 12.8. The summed E-state index contributed by atoms with van der Waals surface area (Å²) in [7, 11) is 0. The average molecular weight is 273 g/mol. The van der Waals surface area contributed by atoms with Gasteiger partial charge in [0.15, 0.2) is 5.78 Å². The summed E-state index contributed by atoms with van der Waals surface area (Å²) in [4.78, 5) is 12.8. The van der Waals surface area contributed by atoms with Gasteiger partial charge in [-0.25, -0.2) is 0 Å². The van der Waals surface area contributed by atoms with Gasteiger partial charge in [0.05, 0.1) is 12.2 Å². The van der Waals surface area contributed by atoms with Crippen LogP contribution in [0, 0.1) is 11.8 Å². The van der Waals surface area contributed by atoms with Crippen molar-refractivity contribution in [2.24, 2.45) is 17.6 Å². The maximum atomic E-state index is 12.8. The minimum atomic E-state index is 0.162. The molecule has 3 rings (SSSR count). The second kappa shape index (κ2) is 5.96. The Morgan fingerprint density at radius 3 is 2.80 bits per heavy atom. The lowest BCUT2D eigenvalue weighted by Crippen LogP contribution is -2.26. The lowest BCUT2D eigenvalue weighted by Gasteiger charge is -2.28. The lowest BCUT2D eigenvalue weighted by molar-refractivity contribution is 0.0868. The summed E-state index contributed by atoms with van der Waals surface area (Å²) in [6.07, 6.45) is 6.20. The zero-order valence-electron chi connectivity index (χ0n) is 11.9. The van der Waals surface area contributed by atoms with Crippen molar-refractivity contribution < 1.29 is 9.53 Å². The molecule has 0 atom stereocenters. The largest absolute Gasteiger partial charge is 0.493 e. The van der Waals surface area contributed by atoms with Crippen molar-refractivity contribution in [1.82, 2.24) is 0 Å². The third-order valence-electron chi connectivity index (χ3n) is 4.75. The molecule has 0 radical (unpaired) electrons. The van der Waals surface area contributed by atoms with Crippen LogP contribution in [0.25, 0.3) is 0 Å². The summed E-state index contributed by atoms with van der Waals surface area (Å²) < 4.78 is 5.77. The van der Waals surface area contributed by atoms with Crippen LogP contribution in [0.15, 0.2) is 18.2 Å². The Hall–Kier alpha value is -1.35. The molecule has 1 fully saturated rings. The highest BCUT2D eigenvalue weighted by Crippen LogP contribution is 2.35. The summed E-state index contributed by atoms with van der Waals surface area (Å²) >= 11 is 0. The molecule has 0 saturated heterocycles. The van der Waals surface area contributed by atoms with Crippen molar-refractivity contribution in [2.45, 2.75) is 38.5 Å². The van der Waals surface area contributed by atoms with Crippen molar-refractivity contribution in [2.75, 3.05) is 13.2 Å². The predicted molar refractivity (Wildman–Crippen MR) is 79.1 cm³/mol. The number of nitrogens with two attached hydrogens (primary N) is 1. The molecule has 108 valence electrons. The molecule has 1 aromatic rings. The number of Topliss-reactive ketones (excluding diaryl/α,β-unsaturated/α-hetero) is 1. The van der Waals surface area contributed by atoms with Crippen molar-refractivity contribution in [1.29, 1.82) is 0 Å². The van der Waals surface area contributed by atoms with Crippen molar-refractivity contribution >= 4 is 5.78 Å². The Kier molecular flexibility index (Phi) is 4.06. The molecule has 1 saturated carbocycles. The normalized spacial score (nSPS) is 25.6. The summed E-state index contributed by atoms with van der Waals surface area (Å²) in [5, 5.41) is 0. The summed E-state index contributed by atoms with van der Waals surface area (Å²) in [5.41, 5.74) is 7.72. The van der Waals surface area contributed by atoms with E-state index in [1.54, 1.807) is 0 Å². The Labute approximate surface area is 120 Å². The van der Waals surface area contributed by atoms with E-state index in [0.717, 1.165) is 63.0 Å². The van der Waals surface area contributed by atoms with Gasteiger partial charge < -0.3 is 10.5 Å². The van der Waals surface area contributed by atoms with Gasteiger partial charge in [0.2, 0.25) is 0 Å². The number of carbonyl (C=O) groups is 1. The summed E-state index contributed by atoms with van der Waals surface area (Å²) in [6, 6.07) is 6.00. The Balaban J connectivity index is 1.78. The van der Waals surface area contributed by atoms with Gasteiger partial charge in [-0.2, -0.15) is 0 Å². The zero-order valence-corrected chi connectivity index (χ0v) is 11.9. The molecule has 3 heteroatoms. The van der Waals surface area contributed by atoms with Crippen LogP contribution >= 0.6 is 0 Å². The topological polar surface area (TPSA) is 52.3 Å². The number of carbonyl (C=O) groups excluding carboxylic acids is 1. The highest BCUT2D eigenvalue weighted by atomic mass is 16.5. The standard InChI is InChI=1S/C17H23NO2/c18-11-12-6-8-13(9-7-12)16(19)15-5-1-3-14-4-2-10-20-17(14)15/h1,3,5,12-13H,2,4,6-11,18H2. The number of benzene rings is 1. The first-order chi connectivity index (χ1) is 9.79. The minimum absolute atomic E-state index is 0.162. The highest BCUT2D eigenvalue weighted by Gasteiger charge is 2.29. The Morgan fingerprint density at radius 1 is 1.25 bits per heavy atom. The van der Waals surface area contributed by atoms with Gasteiger partial charge in [0, 0.05) is 5.92 Å². The first kappa shape index (κ1) is 13.6. The molecule has 0 spiro atoms. The smallest absolute Gasteiger partial charge is 0.169 e. The molecule has 1 aliphatic heterocycles. The minimum Gasteiger partial charge on any atom is -0.493 e. The number of ether oxygens (including phenoxy) is 1. The van der Waals surface area contributed by atoms with E-state index < -0.39 is 0 Å². The van der Waals surface area contributed by atoms with Crippen LogP contribution in [0.1, 0.15) is 48.0 Å². The fourth-order valence-electron chi connectivity index (χ4n) is 3.46. The molecule has 2 N–H and O–H groups in total. The molecule has 1 aromatic carbocycles. The van der Waals surface area contributed by atoms with E-state index in [4.69, 9.17) is 10.5 Å². The lowest BCUT2D eigenvalue weighted by atomic mass is 9.78. The predicted octanol–water partition coefficient (Wildman–Crippen LogP) is 2.96. The molecule has 3 nitrogen and oxygen atoms in total.